The van der Waals surface area contributed by atoms with Crippen LogP contribution in [0.15, 0.2) is 17.3 Å². The Morgan fingerprint density at radius 3 is 2.79 bits per heavy atom. The van der Waals surface area contributed by atoms with Crippen molar-refractivity contribution >= 4 is 5.78 Å². The molecule has 0 atom stereocenters. The van der Waals surface area contributed by atoms with Gasteiger partial charge < -0.3 is 0 Å². The molecule has 0 amide bonds. The minimum atomic E-state index is -0.117. The highest BCUT2D eigenvalue weighted by Crippen LogP contribution is 2.26. The second-order valence-electron chi connectivity index (χ2n) is 4.77. The first-order valence-electron chi connectivity index (χ1n) is 6.06. The lowest BCUT2D eigenvalue weighted by molar-refractivity contribution is 0.797. The summed E-state index contributed by atoms with van der Waals surface area (Å²) in [5, 5.41) is 9.64. The van der Waals surface area contributed by atoms with Gasteiger partial charge in [-0.25, -0.2) is 9.97 Å². The van der Waals surface area contributed by atoms with Crippen LogP contribution < -0.4 is 5.56 Å². The molecule has 98 valence electrons. The zero-order valence-corrected chi connectivity index (χ0v) is 10.9. The summed E-state index contributed by atoms with van der Waals surface area (Å²) in [4.78, 5) is 21.0. The molecule has 19 heavy (non-hydrogen) atoms. The SMILES string of the molecule is Cc1[nH]ncc1-c1nc2nc[nH]n2c(=O)c1C(C)C. The van der Waals surface area contributed by atoms with E-state index in [1.54, 1.807) is 6.20 Å². The molecule has 0 saturated carbocycles. The van der Waals surface area contributed by atoms with Crippen LogP contribution in [-0.2, 0) is 0 Å². The van der Waals surface area contributed by atoms with Gasteiger partial charge in [-0.3, -0.25) is 15.0 Å². The van der Waals surface area contributed by atoms with Crippen LogP contribution in [0.1, 0.15) is 31.0 Å². The van der Waals surface area contributed by atoms with Gasteiger partial charge in [0, 0.05) is 16.8 Å². The highest BCUT2D eigenvalue weighted by molar-refractivity contribution is 5.66. The molecule has 0 aliphatic carbocycles. The van der Waals surface area contributed by atoms with Crippen LogP contribution in [0.5, 0.6) is 0 Å². The van der Waals surface area contributed by atoms with Crippen molar-refractivity contribution in [2.45, 2.75) is 26.7 Å². The maximum Gasteiger partial charge on any atom is 0.278 e. The lowest BCUT2D eigenvalue weighted by atomic mass is 9.99. The molecule has 0 spiro atoms. The molecule has 3 aromatic rings. The van der Waals surface area contributed by atoms with Gasteiger partial charge >= 0.3 is 0 Å². The number of fused-ring (bicyclic) bond motifs is 1. The highest BCUT2D eigenvalue weighted by atomic mass is 16.1. The Morgan fingerprint density at radius 2 is 2.16 bits per heavy atom. The van der Waals surface area contributed by atoms with Gasteiger partial charge in [-0.1, -0.05) is 13.8 Å². The third-order valence-corrected chi connectivity index (χ3v) is 3.13. The van der Waals surface area contributed by atoms with Crippen LogP contribution in [-0.4, -0.2) is 29.8 Å². The van der Waals surface area contributed by atoms with Crippen LogP contribution >= 0.6 is 0 Å². The molecule has 2 N–H and O–H groups in total. The van der Waals surface area contributed by atoms with Gasteiger partial charge in [0.2, 0.25) is 0 Å². The van der Waals surface area contributed by atoms with E-state index in [-0.39, 0.29) is 11.5 Å². The Kier molecular flexibility index (Phi) is 2.48. The summed E-state index contributed by atoms with van der Waals surface area (Å²) in [5.41, 5.74) is 2.91. The van der Waals surface area contributed by atoms with Gasteiger partial charge in [-0.05, 0) is 12.8 Å². The molecule has 3 heterocycles. The molecule has 3 rings (SSSR count). The average molecular weight is 258 g/mol. The smallest absolute Gasteiger partial charge is 0.278 e. The largest absolute Gasteiger partial charge is 0.282 e. The van der Waals surface area contributed by atoms with Crippen LogP contribution in [0, 0.1) is 6.92 Å². The fourth-order valence-corrected chi connectivity index (χ4v) is 2.19. The van der Waals surface area contributed by atoms with E-state index in [2.05, 4.69) is 25.3 Å². The van der Waals surface area contributed by atoms with Crippen molar-refractivity contribution in [2.75, 3.05) is 0 Å². The zero-order valence-electron chi connectivity index (χ0n) is 10.9. The summed E-state index contributed by atoms with van der Waals surface area (Å²) in [6.07, 6.45) is 3.14. The first-order chi connectivity index (χ1) is 9.09. The molecule has 0 radical (unpaired) electrons. The molecule has 0 aromatic carbocycles. The summed E-state index contributed by atoms with van der Waals surface area (Å²) in [6, 6.07) is 0. The second-order valence-corrected chi connectivity index (χ2v) is 4.77. The number of hydrogen-bond donors (Lipinski definition) is 2. The second kappa shape index (κ2) is 4.04. The van der Waals surface area contributed by atoms with Gasteiger partial charge in [0.1, 0.15) is 6.33 Å². The Labute approximate surface area is 108 Å². The van der Waals surface area contributed by atoms with E-state index in [9.17, 15) is 4.79 Å². The van der Waals surface area contributed by atoms with Crippen molar-refractivity contribution < 1.29 is 0 Å². The van der Waals surface area contributed by atoms with E-state index in [1.165, 1.54) is 10.8 Å². The van der Waals surface area contributed by atoms with Gasteiger partial charge in [0.15, 0.2) is 0 Å². The number of nitrogens with one attached hydrogen (secondary N) is 2. The summed E-state index contributed by atoms with van der Waals surface area (Å²) in [5.74, 6) is 0.425. The Bertz CT molecular complexity index is 794. The van der Waals surface area contributed by atoms with Crippen LogP contribution in [0.3, 0.4) is 0 Å². The van der Waals surface area contributed by atoms with Gasteiger partial charge in [0.05, 0.1) is 11.9 Å². The predicted octanol–water partition coefficient (Wildman–Crippen LogP) is 1.24. The first kappa shape index (κ1) is 11.6. The van der Waals surface area contributed by atoms with E-state index >= 15 is 0 Å². The molecule has 3 aromatic heterocycles. The molecule has 0 bridgehead atoms. The third-order valence-electron chi connectivity index (χ3n) is 3.13. The van der Waals surface area contributed by atoms with E-state index in [0.29, 0.717) is 17.0 Å². The Balaban J connectivity index is 2.43. The molecule has 0 unspecified atom stereocenters. The monoisotopic (exact) mass is 258 g/mol. The quantitative estimate of drug-likeness (QED) is 0.723. The van der Waals surface area contributed by atoms with Crippen LogP contribution in [0.25, 0.3) is 17.0 Å². The predicted molar refractivity (Wildman–Crippen MR) is 70.0 cm³/mol. The number of hydrogen-bond acceptors (Lipinski definition) is 4. The molecule has 0 saturated heterocycles. The summed E-state index contributed by atoms with van der Waals surface area (Å²) >= 11 is 0. The molecule has 7 heteroatoms. The lowest BCUT2D eigenvalue weighted by Gasteiger charge is -2.10. The van der Waals surface area contributed by atoms with E-state index in [0.717, 1.165) is 11.3 Å². The van der Waals surface area contributed by atoms with Gasteiger partial charge in [0.25, 0.3) is 11.3 Å². The molecule has 0 aliphatic heterocycles. The summed E-state index contributed by atoms with van der Waals surface area (Å²) < 4.78 is 1.36. The maximum absolute atomic E-state index is 12.5. The van der Waals surface area contributed by atoms with Gasteiger partial charge in [-0.15, -0.1) is 0 Å². The number of aryl methyl sites for hydroxylation is 1. The maximum atomic E-state index is 12.5. The number of aromatic nitrogens is 6. The van der Waals surface area contributed by atoms with Crippen LogP contribution in [0.4, 0.5) is 0 Å². The number of rotatable bonds is 2. The fourth-order valence-electron chi connectivity index (χ4n) is 2.19. The van der Waals surface area contributed by atoms with Crippen molar-refractivity contribution in [2.24, 2.45) is 0 Å². The molecule has 0 fully saturated rings. The number of aromatic amines is 2. The van der Waals surface area contributed by atoms with Crippen molar-refractivity contribution in [3.63, 3.8) is 0 Å². The Hall–Kier alpha value is -2.44. The van der Waals surface area contributed by atoms with Gasteiger partial charge in [-0.2, -0.15) is 9.61 Å². The molecular formula is C12H14N6O. The minimum absolute atomic E-state index is 0.0597. The molecule has 7 nitrogen and oxygen atoms in total. The minimum Gasteiger partial charge on any atom is -0.282 e. The summed E-state index contributed by atoms with van der Waals surface area (Å²) in [7, 11) is 0. The summed E-state index contributed by atoms with van der Waals surface area (Å²) in [6.45, 7) is 5.85. The third kappa shape index (κ3) is 1.66. The zero-order chi connectivity index (χ0) is 13.6. The van der Waals surface area contributed by atoms with E-state index in [1.807, 2.05) is 20.8 Å². The van der Waals surface area contributed by atoms with Crippen molar-refractivity contribution in [1.29, 1.82) is 0 Å². The fraction of sp³-hybridized carbons (Fsp3) is 0.333. The van der Waals surface area contributed by atoms with E-state index < -0.39 is 0 Å². The average Bonchev–Trinajstić information content (AvgIpc) is 2.96. The van der Waals surface area contributed by atoms with Crippen molar-refractivity contribution in [3.8, 4) is 11.3 Å². The van der Waals surface area contributed by atoms with E-state index in [4.69, 9.17) is 0 Å². The van der Waals surface area contributed by atoms with Crippen molar-refractivity contribution in [3.05, 3.63) is 34.1 Å². The lowest BCUT2D eigenvalue weighted by Crippen LogP contribution is -2.22. The molecular weight excluding hydrogens is 244 g/mol. The Morgan fingerprint density at radius 1 is 1.37 bits per heavy atom. The molecule has 0 aliphatic rings. The normalized spacial score (nSPS) is 11.6. The number of H-pyrrole nitrogens is 2. The van der Waals surface area contributed by atoms with Crippen LogP contribution in [0.2, 0.25) is 0 Å². The van der Waals surface area contributed by atoms with Crippen molar-refractivity contribution in [1.82, 2.24) is 29.8 Å². The topological polar surface area (TPSA) is 91.7 Å². The highest BCUT2D eigenvalue weighted by Gasteiger charge is 2.20. The number of nitrogens with zero attached hydrogens (tertiary/aromatic N) is 4. The first-order valence-corrected chi connectivity index (χ1v) is 6.06. The standard InChI is InChI=1S/C12H14N6O/c1-6(2)9-10(8-4-14-17-7(8)3)16-12-13-5-15-18(12)11(9)19/h4-6H,1-3H3,(H,14,17)(H,13,15,16).